The van der Waals surface area contributed by atoms with Gasteiger partial charge in [-0.15, -0.1) is 0 Å². The summed E-state index contributed by atoms with van der Waals surface area (Å²) in [5.41, 5.74) is 1.02. The highest BCUT2D eigenvalue weighted by atomic mass is 16.6. The molecule has 1 aliphatic rings. The van der Waals surface area contributed by atoms with Crippen molar-refractivity contribution < 1.29 is 19.3 Å². The fourth-order valence-corrected chi connectivity index (χ4v) is 3.78. The molecule has 0 fully saturated rings. The Balaban J connectivity index is 1.52. The van der Waals surface area contributed by atoms with Gasteiger partial charge in [-0.2, -0.15) is 0 Å². The summed E-state index contributed by atoms with van der Waals surface area (Å²) in [5, 5.41) is 13.7. The van der Waals surface area contributed by atoms with E-state index in [0.717, 1.165) is 4.90 Å². The number of imide groups is 1. The molecule has 168 valence electrons. The molecular formula is C23H21N5O5. The van der Waals surface area contributed by atoms with Gasteiger partial charge >= 0.3 is 0 Å². The first-order chi connectivity index (χ1) is 16.0. The molecule has 33 heavy (non-hydrogen) atoms. The molecule has 1 aromatic heterocycles. The maximum absolute atomic E-state index is 13.1. The maximum Gasteiger partial charge on any atom is 0.269 e. The van der Waals surface area contributed by atoms with Crippen LogP contribution >= 0.6 is 0 Å². The second kappa shape index (κ2) is 9.43. The van der Waals surface area contributed by atoms with E-state index in [1.165, 1.54) is 24.3 Å². The van der Waals surface area contributed by atoms with Crippen molar-refractivity contribution in [3.63, 3.8) is 0 Å². The van der Waals surface area contributed by atoms with Crippen LogP contribution < -0.4 is 5.32 Å². The number of fused-ring (bicyclic) bond motifs is 1. The molecule has 10 heteroatoms. The van der Waals surface area contributed by atoms with Crippen LogP contribution in [-0.2, 0) is 17.8 Å². The number of hydrogen-bond donors (Lipinski definition) is 1. The molecule has 2 aromatic carbocycles. The van der Waals surface area contributed by atoms with Crippen LogP contribution in [0, 0.1) is 10.1 Å². The fourth-order valence-electron chi connectivity index (χ4n) is 3.78. The van der Waals surface area contributed by atoms with Crippen molar-refractivity contribution in [1.82, 2.24) is 19.8 Å². The minimum absolute atomic E-state index is 0.0385. The number of imidazole rings is 1. The van der Waals surface area contributed by atoms with E-state index in [2.05, 4.69) is 10.3 Å². The van der Waals surface area contributed by atoms with E-state index in [-0.39, 0.29) is 23.2 Å². The second-order valence-corrected chi connectivity index (χ2v) is 7.61. The number of non-ortho nitro benzene ring substituents is 1. The molecule has 3 aromatic rings. The SMILES string of the molecule is O=C(NCCCn1ccnc1)[C@H](Cc1ccc([N+](=O)[O-])cc1)N1C(=O)c2ccccc2C1=O. The zero-order chi connectivity index (χ0) is 23.4. The minimum Gasteiger partial charge on any atom is -0.354 e. The molecule has 1 aliphatic heterocycles. The molecule has 0 radical (unpaired) electrons. The standard InChI is InChI=1S/C23H21N5O5/c29-21(25-10-3-12-26-13-11-24-15-26)20(14-16-6-8-17(9-7-16)28(32)33)27-22(30)18-4-1-2-5-19(18)23(27)31/h1-2,4-9,11,13,15,20H,3,10,12,14H2,(H,25,29)/t20-/m0/s1. The van der Waals surface area contributed by atoms with Gasteiger partial charge in [0.1, 0.15) is 6.04 Å². The van der Waals surface area contributed by atoms with E-state index in [9.17, 15) is 24.5 Å². The number of aromatic nitrogens is 2. The lowest BCUT2D eigenvalue weighted by Crippen LogP contribution is -2.51. The molecule has 10 nitrogen and oxygen atoms in total. The third kappa shape index (κ3) is 4.64. The first-order valence-corrected chi connectivity index (χ1v) is 10.4. The van der Waals surface area contributed by atoms with Gasteiger partial charge in [0.05, 0.1) is 22.4 Å². The van der Waals surface area contributed by atoms with Gasteiger partial charge in [-0.1, -0.05) is 24.3 Å². The Morgan fingerprint density at radius 2 is 1.73 bits per heavy atom. The number of nitro benzene ring substituents is 1. The van der Waals surface area contributed by atoms with Crippen LogP contribution in [0.5, 0.6) is 0 Å². The Kier molecular flexibility index (Phi) is 6.25. The van der Waals surface area contributed by atoms with E-state index in [0.29, 0.717) is 25.1 Å². The van der Waals surface area contributed by atoms with Crippen LogP contribution in [0.15, 0.2) is 67.3 Å². The van der Waals surface area contributed by atoms with Crippen molar-refractivity contribution in [3.05, 3.63) is 94.1 Å². The van der Waals surface area contributed by atoms with Gasteiger partial charge in [-0.25, -0.2) is 4.98 Å². The van der Waals surface area contributed by atoms with Crippen molar-refractivity contribution in [2.75, 3.05) is 6.54 Å². The summed E-state index contributed by atoms with van der Waals surface area (Å²) in [6, 6.07) is 11.1. The Morgan fingerprint density at radius 1 is 1.06 bits per heavy atom. The van der Waals surface area contributed by atoms with Gasteiger partial charge in [0.2, 0.25) is 5.91 Å². The Hall–Kier alpha value is -4.34. The minimum atomic E-state index is -1.09. The topological polar surface area (TPSA) is 127 Å². The van der Waals surface area contributed by atoms with Crippen LogP contribution in [-0.4, -0.2) is 49.7 Å². The van der Waals surface area contributed by atoms with Crippen LogP contribution in [0.25, 0.3) is 0 Å². The lowest BCUT2D eigenvalue weighted by atomic mass is 10.0. The third-order valence-electron chi connectivity index (χ3n) is 5.47. The average Bonchev–Trinajstić information content (AvgIpc) is 3.42. The first-order valence-electron chi connectivity index (χ1n) is 10.4. The molecule has 0 saturated heterocycles. The number of hydrogen-bond acceptors (Lipinski definition) is 6. The summed E-state index contributed by atoms with van der Waals surface area (Å²) < 4.78 is 1.88. The summed E-state index contributed by atoms with van der Waals surface area (Å²) in [4.78, 5) is 54.5. The van der Waals surface area contributed by atoms with Gasteiger partial charge < -0.3 is 9.88 Å². The quantitative estimate of drug-likeness (QED) is 0.232. The molecule has 0 unspecified atom stereocenters. The van der Waals surface area contributed by atoms with Crippen LogP contribution in [0.3, 0.4) is 0 Å². The van der Waals surface area contributed by atoms with E-state index in [4.69, 9.17) is 0 Å². The number of carbonyl (C=O) groups excluding carboxylic acids is 3. The zero-order valence-electron chi connectivity index (χ0n) is 17.6. The predicted molar refractivity (Wildman–Crippen MR) is 117 cm³/mol. The highest BCUT2D eigenvalue weighted by Crippen LogP contribution is 2.26. The molecule has 4 rings (SSSR count). The number of benzene rings is 2. The first kappa shape index (κ1) is 21.9. The molecule has 1 N–H and O–H groups in total. The van der Waals surface area contributed by atoms with Crippen molar-refractivity contribution in [2.24, 2.45) is 0 Å². The summed E-state index contributed by atoms with van der Waals surface area (Å²) >= 11 is 0. The molecule has 1 atom stereocenters. The van der Waals surface area contributed by atoms with Crippen LogP contribution in [0.4, 0.5) is 5.69 Å². The number of rotatable bonds is 9. The molecule has 0 saturated carbocycles. The van der Waals surface area contributed by atoms with E-state index >= 15 is 0 Å². The zero-order valence-corrected chi connectivity index (χ0v) is 17.6. The molecule has 0 aliphatic carbocycles. The Bertz CT molecular complexity index is 1160. The maximum atomic E-state index is 13.1. The third-order valence-corrected chi connectivity index (χ3v) is 5.47. The Labute approximate surface area is 189 Å². The summed E-state index contributed by atoms with van der Waals surface area (Å²) in [6.07, 6.45) is 5.84. The number of nitrogens with zero attached hydrogens (tertiary/aromatic N) is 4. The van der Waals surface area contributed by atoms with Gasteiger partial charge in [-0.3, -0.25) is 29.4 Å². The van der Waals surface area contributed by atoms with Gasteiger partial charge in [0.25, 0.3) is 17.5 Å². The molecule has 3 amide bonds. The van der Waals surface area contributed by atoms with Crippen molar-refractivity contribution in [1.29, 1.82) is 0 Å². The van der Waals surface area contributed by atoms with Crippen molar-refractivity contribution in [3.8, 4) is 0 Å². The van der Waals surface area contributed by atoms with Crippen LogP contribution in [0.1, 0.15) is 32.7 Å². The van der Waals surface area contributed by atoms with Crippen molar-refractivity contribution >= 4 is 23.4 Å². The smallest absolute Gasteiger partial charge is 0.269 e. The number of nitrogens with one attached hydrogen (secondary N) is 1. The largest absolute Gasteiger partial charge is 0.354 e. The van der Waals surface area contributed by atoms with Gasteiger partial charge in [0, 0.05) is 44.0 Å². The molecule has 0 spiro atoms. The van der Waals surface area contributed by atoms with E-state index in [1.807, 2.05) is 10.8 Å². The Morgan fingerprint density at radius 3 is 2.30 bits per heavy atom. The van der Waals surface area contributed by atoms with Gasteiger partial charge in [0.15, 0.2) is 0 Å². The lowest BCUT2D eigenvalue weighted by Gasteiger charge is -2.25. The highest BCUT2D eigenvalue weighted by molar-refractivity contribution is 6.22. The summed E-state index contributed by atoms with van der Waals surface area (Å²) in [6.45, 7) is 0.997. The summed E-state index contributed by atoms with van der Waals surface area (Å²) in [7, 11) is 0. The highest BCUT2D eigenvalue weighted by Gasteiger charge is 2.42. The van der Waals surface area contributed by atoms with E-state index < -0.39 is 28.7 Å². The monoisotopic (exact) mass is 447 g/mol. The molecule has 0 bridgehead atoms. The summed E-state index contributed by atoms with van der Waals surface area (Å²) in [5.74, 6) is -1.53. The normalized spacial score (nSPS) is 13.6. The average molecular weight is 447 g/mol. The lowest BCUT2D eigenvalue weighted by molar-refractivity contribution is -0.384. The number of nitro groups is 1. The predicted octanol–water partition coefficient (Wildman–Crippen LogP) is 2.21. The molecule has 2 heterocycles. The van der Waals surface area contributed by atoms with Crippen LogP contribution in [0.2, 0.25) is 0 Å². The van der Waals surface area contributed by atoms with Gasteiger partial charge in [-0.05, 0) is 24.1 Å². The number of carbonyl (C=O) groups is 3. The molecular weight excluding hydrogens is 426 g/mol. The fraction of sp³-hybridized carbons (Fsp3) is 0.217. The number of aryl methyl sites for hydroxylation is 1. The van der Waals surface area contributed by atoms with Crippen molar-refractivity contribution in [2.45, 2.75) is 25.4 Å². The second-order valence-electron chi connectivity index (χ2n) is 7.61. The number of amides is 3. The van der Waals surface area contributed by atoms with E-state index in [1.54, 1.807) is 36.8 Å².